The Balaban J connectivity index is 1.65. The minimum absolute atomic E-state index is 0.102. The van der Waals surface area contributed by atoms with Crippen molar-refractivity contribution in [1.82, 2.24) is 10.6 Å². The van der Waals surface area contributed by atoms with Crippen LogP contribution in [-0.4, -0.2) is 25.6 Å². The smallest absolute Gasteiger partial charge is 0.224 e. The number of carbonyl (C=O) groups excluding carboxylic acids is 1. The molecule has 1 aromatic rings. The molecule has 0 bridgehead atoms. The fourth-order valence-electron chi connectivity index (χ4n) is 2.88. The zero-order chi connectivity index (χ0) is 13.9. The number of rotatable bonds is 3. The van der Waals surface area contributed by atoms with Crippen molar-refractivity contribution in [3.8, 4) is 5.75 Å². The maximum absolute atomic E-state index is 12.2. The molecule has 4 nitrogen and oxygen atoms in total. The molecule has 108 valence electrons. The summed E-state index contributed by atoms with van der Waals surface area (Å²) in [5.41, 5.74) is 2.28. The standard InChI is InChI=1S/C15H19BrN2O2/c16-13-6-10-3-5-20-14(10)12(7-13)9-18-15(19)11-2-1-4-17-8-11/h6-7,11,17H,1-5,8-9H2,(H,18,19). The van der Waals surface area contributed by atoms with Gasteiger partial charge in [0.2, 0.25) is 5.91 Å². The van der Waals surface area contributed by atoms with Gasteiger partial charge in [-0.2, -0.15) is 0 Å². The van der Waals surface area contributed by atoms with Crippen molar-refractivity contribution in [2.75, 3.05) is 19.7 Å². The molecule has 1 amide bonds. The van der Waals surface area contributed by atoms with Gasteiger partial charge in [0.25, 0.3) is 0 Å². The van der Waals surface area contributed by atoms with Crippen LogP contribution in [0.2, 0.25) is 0 Å². The molecule has 1 saturated heterocycles. The molecule has 1 unspecified atom stereocenters. The van der Waals surface area contributed by atoms with Crippen LogP contribution < -0.4 is 15.4 Å². The number of benzene rings is 1. The van der Waals surface area contributed by atoms with Gasteiger partial charge in [0.15, 0.2) is 0 Å². The Morgan fingerprint density at radius 3 is 3.20 bits per heavy atom. The van der Waals surface area contributed by atoms with E-state index in [1.807, 2.05) is 6.07 Å². The molecule has 0 saturated carbocycles. The molecule has 3 rings (SSSR count). The number of carbonyl (C=O) groups is 1. The second-order valence-electron chi connectivity index (χ2n) is 5.41. The van der Waals surface area contributed by atoms with E-state index >= 15 is 0 Å². The summed E-state index contributed by atoms with van der Waals surface area (Å²) in [6, 6.07) is 4.13. The highest BCUT2D eigenvalue weighted by Crippen LogP contribution is 2.32. The first-order chi connectivity index (χ1) is 9.74. The van der Waals surface area contributed by atoms with Crippen LogP contribution in [0.15, 0.2) is 16.6 Å². The van der Waals surface area contributed by atoms with Gasteiger partial charge in [-0.15, -0.1) is 0 Å². The fourth-order valence-corrected chi connectivity index (χ4v) is 3.43. The average Bonchev–Trinajstić information content (AvgIpc) is 2.93. The third-order valence-electron chi connectivity index (χ3n) is 3.95. The zero-order valence-corrected chi connectivity index (χ0v) is 13.0. The maximum Gasteiger partial charge on any atom is 0.224 e. The van der Waals surface area contributed by atoms with Crippen LogP contribution in [0, 0.1) is 5.92 Å². The molecule has 0 radical (unpaired) electrons. The van der Waals surface area contributed by atoms with Gasteiger partial charge in [-0.05, 0) is 37.1 Å². The van der Waals surface area contributed by atoms with Crippen LogP contribution in [0.3, 0.4) is 0 Å². The molecule has 2 aliphatic heterocycles. The Labute approximate surface area is 127 Å². The van der Waals surface area contributed by atoms with Crippen LogP contribution in [0.5, 0.6) is 5.75 Å². The van der Waals surface area contributed by atoms with Crippen LogP contribution in [-0.2, 0) is 17.8 Å². The highest BCUT2D eigenvalue weighted by atomic mass is 79.9. The number of ether oxygens (including phenoxy) is 1. The molecule has 0 aromatic heterocycles. The molecule has 5 heteroatoms. The van der Waals surface area contributed by atoms with Gasteiger partial charge in [0, 0.05) is 29.5 Å². The lowest BCUT2D eigenvalue weighted by Crippen LogP contribution is -2.40. The zero-order valence-electron chi connectivity index (χ0n) is 11.4. The van der Waals surface area contributed by atoms with E-state index in [2.05, 4.69) is 32.6 Å². The first-order valence-electron chi connectivity index (χ1n) is 7.16. The van der Waals surface area contributed by atoms with Crippen molar-refractivity contribution in [1.29, 1.82) is 0 Å². The number of nitrogens with one attached hydrogen (secondary N) is 2. The Morgan fingerprint density at radius 2 is 2.40 bits per heavy atom. The monoisotopic (exact) mass is 338 g/mol. The number of hydrogen-bond acceptors (Lipinski definition) is 3. The lowest BCUT2D eigenvalue weighted by molar-refractivity contribution is -0.125. The van der Waals surface area contributed by atoms with E-state index in [1.165, 1.54) is 5.56 Å². The number of piperidine rings is 1. The average molecular weight is 339 g/mol. The molecule has 1 atom stereocenters. The second kappa shape index (κ2) is 6.14. The first-order valence-corrected chi connectivity index (χ1v) is 7.96. The van der Waals surface area contributed by atoms with Gasteiger partial charge in [-0.3, -0.25) is 4.79 Å². The summed E-state index contributed by atoms with van der Waals surface area (Å²) in [5, 5.41) is 6.32. The van der Waals surface area contributed by atoms with Crippen molar-refractivity contribution in [2.24, 2.45) is 5.92 Å². The van der Waals surface area contributed by atoms with E-state index in [0.717, 1.165) is 54.7 Å². The van der Waals surface area contributed by atoms with E-state index in [4.69, 9.17) is 4.74 Å². The Kier molecular flexibility index (Phi) is 4.27. The third-order valence-corrected chi connectivity index (χ3v) is 4.40. The number of amides is 1. The van der Waals surface area contributed by atoms with Gasteiger partial charge in [-0.25, -0.2) is 0 Å². The number of hydrogen-bond donors (Lipinski definition) is 2. The summed E-state index contributed by atoms with van der Waals surface area (Å²) >= 11 is 3.52. The second-order valence-corrected chi connectivity index (χ2v) is 6.33. The van der Waals surface area contributed by atoms with Crippen LogP contribution in [0.25, 0.3) is 0 Å². The lowest BCUT2D eigenvalue weighted by atomic mass is 9.98. The summed E-state index contributed by atoms with van der Waals surface area (Å²) in [5.74, 6) is 1.20. The van der Waals surface area contributed by atoms with E-state index in [0.29, 0.717) is 6.54 Å². The molecule has 0 aliphatic carbocycles. The number of fused-ring (bicyclic) bond motifs is 1. The third kappa shape index (κ3) is 2.99. The molecule has 20 heavy (non-hydrogen) atoms. The molecule has 2 heterocycles. The van der Waals surface area contributed by atoms with Crippen LogP contribution in [0.1, 0.15) is 24.0 Å². The van der Waals surface area contributed by atoms with E-state index < -0.39 is 0 Å². The molecular formula is C15H19BrN2O2. The summed E-state index contributed by atoms with van der Waals surface area (Å²) in [7, 11) is 0. The van der Waals surface area contributed by atoms with Crippen LogP contribution >= 0.6 is 15.9 Å². The minimum atomic E-state index is 0.102. The predicted octanol–water partition coefficient (Wildman–Crippen LogP) is 2.00. The number of halogens is 1. The van der Waals surface area contributed by atoms with E-state index in [1.54, 1.807) is 0 Å². The normalized spacial score (nSPS) is 21.1. The molecule has 1 aromatic carbocycles. The maximum atomic E-state index is 12.2. The summed E-state index contributed by atoms with van der Waals surface area (Å²) in [4.78, 5) is 12.2. The molecule has 0 spiro atoms. The van der Waals surface area contributed by atoms with Crippen molar-refractivity contribution in [3.63, 3.8) is 0 Å². The van der Waals surface area contributed by atoms with E-state index in [-0.39, 0.29) is 11.8 Å². The van der Waals surface area contributed by atoms with Crippen molar-refractivity contribution in [2.45, 2.75) is 25.8 Å². The van der Waals surface area contributed by atoms with E-state index in [9.17, 15) is 4.79 Å². The Bertz CT molecular complexity index is 513. The molecule has 2 aliphatic rings. The topological polar surface area (TPSA) is 50.4 Å². The lowest BCUT2D eigenvalue weighted by Gasteiger charge is -2.22. The molecule has 1 fully saturated rings. The van der Waals surface area contributed by atoms with Gasteiger partial charge < -0.3 is 15.4 Å². The first kappa shape index (κ1) is 13.9. The summed E-state index contributed by atoms with van der Waals surface area (Å²) < 4.78 is 6.72. The highest BCUT2D eigenvalue weighted by molar-refractivity contribution is 9.10. The van der Waals surface area contributed by atoms with Gasteiger partial charge >= 0.3 is 0 Å². The largest absolute Gasteiger partial charge is 0.493 e. The Hall–Kier alpha value is -1.07. The molecular weight excluding hydrogens is 320 g/mol. The summed E-state index contributed by atoms with van der Waals surface area (Å²) in [6.45, 7) is 3.09. The van der Waals surface area contributed by atoms with Crippen molar-refractivity contribution in [3.05, 3.63) is 27.7 Å². The highest BCUT2D eigenvalue weighted by Gasteiger charge is 2.22. The predicted molar refractivity (Wildman–Crippen MR) is 80.8 cm³/mol. The van der Waals surface area contributed by atoms with Gasteiger partial charge in [0.05, 0.1) is 12.5 Å². The van der Waals surface area contributed by atoms with Crippen molar-refractivity contribution < 1.29 is 9.53 Å². The summed E-state index contributed by atoms with van der Waals surface area (Å²) in [6.07, 6.45) is 3.00. The van der Waals surface area contributed by atoms with Gasteiger partial charge in [-0.1, -0.05) is 15.9 Å². The van der Waals surface area contributed by atoms with Crippen molar-refractivity contribution >= 4 is 21.8 Å². The SMILES string of the molecule is O=C(NCc1cc(Br)cc2c1OCC2)C1CCCNC1. The quantitative estimate of drug-likeness (QED) is 0.886. The Morgan fingerprint density at radius 1 is 1.50 bits per heavy atom. The van der Waals surface area contributed by atoms with Crippen LogP contribution in [0.4, 0.5) is 0 Å². The molecule has 2 N–H and O–H groups in total. The fraction of sp³-hybridized carbons (Fsp3) is 0.533. The minimum Gasteiger partial charge on any atom is -0.493 e. The van der Waals surface area contributed by atoms with Gasteiger partial charge in [0.1, 0.15) is 5.75 Å².